The SMILES string of the molecule is Cc1ccc(NC(=O)c2cc3cc(Br)ccc3n2NC(=O)C(=O)NCc2ccccc2)cc1C. The third-order valence-electron chi connectivity index (χ3n) is 5.48. The Labute approximate surface area is 205 Å². The number of amides is 3. The van der Waals surface area contributed by atoms with Crippen LogP contribution in [0.2, 0.25) is 0 Å². The van der Waals surface area contributed by atoms with Crippen LogP contribution in [-0.4, -0.2) is 22.4 Å². The van der Waals surface area contributed by atoms with Crippen LogP contribution in [0, 0.1) is 13.8 Å². The number of hydrogen-bond donors (Lipinski definition) is 3. The molecule has 0 saturated heterocycles. The molecule has 1 aromatic heterocycles. The number of fused-ring (bicyclic) bond motifs is 1. The highest BCUT2D eigenvalue weighted by Crippen LogP contribution is 2.24. The Morgan fingerprint density at radius 1 is 0.853 bits per heavy atom. The molecule has 0 saturated carbocycles. The summed E-state index contributed by atoms with van der Waals surface area (Å²) in [4.78, 5) is 38.3. The molecule has 172 valence electrons. The van der Waals surface area contributed by atoms with Gasteiger partial charge in [0, 0.05) is 22.1 Å². The lowest BCUT2D eigenvalue weighted by molar-refractivity contribution is -0.136. The molecule has 4 aromatic rings. The molecule has 0 atom stereocenters. The molecule has 0 aliphatic heterocycles. The highest BCUT2D eigenvalue weighted by molar-refractivity contribution is 9.10. The predicted octanol–water partition coefficient (Wildman–Crippen LogP) is 4.66. The topological polar surface area (TPSA) is 92.2 Å². The van der Waals surface area contributed by atoms with Gasteiger partial charge in [0.1, 0.15) is 5.69 Å². The van der Waals surface area contributed by atoms with E-state index in [0.717, 1.165) is 26.5 Å². The van der Waals surface area contributed by atoms with Gasteiger partial charge in [-0.1, -0.05) is 52.3 Å². The van der Waals surface area contributed by atoms with Crippen LogP contribution in [0.25, 0.3) is 10.9 Å². The van der Waals surface area contributed by atoms with Crippen molar-refractivity contribution in [2.75, 3.05) is 10.7 Å². The number of anilines is 1. The van der Waals surface area contributed by atoms with Gasteiger partial charge in [0.2, 0.25) is 0 Å². The summed E-state index contributed by atoms with van der Waals surface area (Å²) in [6.45, 7) is 4.18. The third kappa shape index (κ3) is 5.18. The summed E-state index contributed by atoms with van der Waals surface area (Å²) in [5, 5.41) is 6.19. The van der Waals surface area contributed by atoms with E-state index in [0.29, 0.717) is 11.2 Å². The van der Waals surface area contributed by atoms with Crippen LogP contribution in [-0.2, 0) is 16.1 Å². The summed E-state index contributed by atoms with van der Waals surface area (Å²) in [5.41, 5.74) is 7.01. The second-order valence-corrected chi connectivity index (χ2v) is 8.85. The Morgan fingerprint density at radius 3 is 2.35 bits per heavy atom. The predicted molar refractivity (Wildman–Crippen MR) is 136 cm³/mol. The molecule has 0 spiro atoms. The third-order valence-corrected chi connectivity index (χ3v) is 5.97. The maximum Gasteiger partial charge on any atom is 0.328 e. The van der Waals surface area contributed by atoms with E-state index in [1.807, 2.05) is 68.4 Å². The monoisotopic (exact) mass is 518 g/mol. The van der Waals surface area contributed by atoms with E-state index in [-0.39, 0.29) is 12.2 Å². The molecule has 8 heteroatoms. The molecular weight excluding hydrogens is 496 g/mol. The Bertz CT molecular complexity index is 1400. The first-order valence-electron chi connectivity index (χ1n) is 10.6. The summed E-state index contributed by atoms with van der Waals surface area (Å²) in [5.74, 6) is -2.10. The highest BCUT2D eigenvalue weighted by atomic mass is 79.9. The van der Waals surface area contributed by atoms with E-state index in [4.69, 9.17) is 0 Å². The van der Waals surface area contributed by atoms with Crippen molar-refractivity contribution in [2.45, 2.75) is 20.4 Å². The Hall–Kier alpha value is -3.91. The van der Waals surface area contributed by atoms with Crippen LogP contribution in [0.4, 0.5) is 5.69 Å². The summed E-state index contributed by atoms with van der Waals surface area (Å²) >= 11 is 3.43. The van der Waals surface area contributed by atoms with E-state index in [1.54, 1.807) is 18.2 Å². The zero-order valence-electron chi connectivity index (χ0n) is 18.7. The van der Waals surface area contributed by atoms with Crippen molar-refractivity contribution in [2.24, 2.45) is 0 Å². The van der Waals surface area contributed by atoms with Gasteiger partial charge in [0.05, 0.1) is 5.52 Å². The fourth-order valence-corrected chi connectivity index (χ4v) is 3.88. The molecule has 4 rings (SSSR count). The lowest BCUT2D eigenvalue weighted by Gasteiger charge is -2.13. The molecular formula is C26H23BrN4O3. The molecule has 0 aliphatic rings. The molecule has 0 fully saturated rings. The summed E-state index contributed by atoms with van der Waals surface area (Å²) in [7, 11) is 0. The average Bonchev–Trinajstić information content (AvgIpc) is 3.17. The zero-order valence-corrected chi connectivity index (χ0v) is 20.3. The largest absolute Gasteiger partial charge is 0.344 e. The minimum absolute atomic E-state index is 0.190. The highest BCUT2D eigenvalue weighted by Gasteiger charge is 2.21. The number of carbonyl (C=O) groups excluding carboxylic acids is 3. The van der Waals surface area contributed by atoms with Crippen molar-refractivity contribution < 1.29 is 14.4 Å². The normalized spacial score (nSPS) is 10.7. The smallest absolute Gasteiger partial charge is 0.328 e. The van der Waals surface area contributed by atoms with Crippen LogP contribution in [0.3, 0.4) is 0 Å². The van der Waals surface area contributed by atoms with Gasteiger partial charge in [-0.25, -0.2) is 4.68 Å². The molecule has 3 amide bonds. The zero-order chi connectivity index (χ0) is 24.2. The molecule has 34 heavy (non-hydrogen) atoms. The molecule has 0 unspecified atom stereocenters. The first kappa shape index (κ1) is 23.3. The van der Waals surface area contributed by atoms with Gasteiger partial charge < -0.3 is 10.6 Å². The number of hydrogen-bond acceptors (Lipinski definition) is 3. The Balaban J connectivity index is 1.58. The van der Waals surface area contributed by atoms with Crippen LogP contribution in [0.5, 0.6) is 0 Å². The standard InChI is InChI=1S/C26H23BrN4O3/c1-16-8-10-21(12-17(16)2)29-24(32)23-14-19-13-20(27)9-11-22(19)31(23)30-26(34)25(33)28-15-18-6-4-3-5-7-18/h3-14H,15H2,1-2H3,(H,28,33)(H,29,32)(H,30,34). The van der Waals surface area contributed by atoms with Crippen LogP contribution in [0.1, 0.15) is 27.2 Å². The maximum atomic E-state index is 13.2. The lowest BCUT2D eigenvalue weighted by atomic mass is 10.1. The lowest BCUT2D eigenvalue weighted by Crippen LogP contribution is -2.39. The van der Waals surface area contributed by atoms with Gasteiger partial charge in [0.15, 0.2) is 0 Å². The van der Waals surface area contributed by atoms with Gasteiger partial charge in [0.25, 0.3) is 5.91 Å². The molecule has 7 nitrogen and oxygen atoms in total. The molecule has 0 aliphatic carbocycles. The van der Waals surface area contributed by atoms with Crippen molar-refractivity contribution >= 4 is 50.2 Å². The van der Waals surface area contributed by atoms with E-state index in [9.17, 15) is 14.4 Å². The molecule has 3 N–H and O–H groups in total. The average molecular weight is 519 g/mol. The summed E-state index contributed by atoms with van der Waals surface area (Å²) in [6, 6.07) is 22.0. The van der Waals surface area contributed by atoms with Gasteiger partial charge >= 0.3 is 11.8 Å². The Kier molecular flexibility index (Phi) is 6.79. The van der Waals surface area contributed by atoms with Crippen molar-refractivity contribution in [3.8, 4) is 0 Å². The number of nitrogens with one attached hydrogen (secondary N) is 3. The van der Waals surface area contributed by atoms with Crippen molar-refractivity contribution in [1.29, 1.82) is 0 Å². The number of carbonyl (C=O) groups is 3. The number of rotatable bonds is 5. The van der Waals surface area contributed by atoms with E-state index in [2.05, 4.69) is 32.0 Å². The minimum Gasteiger partial charge on any atom is -0.344 e. The van der Waals surface area contributed by atoms with Gasteiger partial charge in [-0.05, 0) is 66.9 Å². The summed E-state index contributed by atoms with van der Waals surface area (Å²) in [6.07, 6.45) is 0. The number of aromatic nitrogens is 1. The quantitative estimate of drug-likeness (QED) is 0.335. The number of benzene rings is 3. The first-order valence-corrected chi connectivity index (χ1v) is 11.4. The number of nitrogens with zero attached hydrogens (tertiary/aromatic N) is 1. The second kappa shape index (κ2) is 9.93. The molecule has 0 radical (unpaired) electrons. The fraction of sp³-hybridized carbons (Fsp3) is 0.115. The molecule has 0 bridgehead atoms. The Morgan fingerprint density at radius 2 is 1.62 bits per heavy atom. The molecule has 1 heterocycles. The van der Waals surface area contributed by atoms with Crippen LogP contribution in [0.15, 0.2) is 77.3 Å². The van der Waals surface area contributed by atoms with Crippen molar-refractivity contribution in [3.05, 3.63) is 99.7 Å². The first-order chi connectivity index (χ1) is 16.3. The van der Waals surface area contributed by atoms with Crippen LogP contribution >= 0.6 is 15.9 Å². The minimum atomic E-state index is -0.878. The van der Waals surface area contributed by atoms with E-state index in [1.165, 1.54) is 4.68 Å². The van der Waals surface area contributed by atoms with Crippen molar-refractivity contribution in [1.82, 2.24) is 9.99 Å². The maximum absolute atomic E-state index is 13.2. The van der Waals surface area contributed by atoms with Gasteiger partial charge in [-0.2, -0.15) is 0 Å². The fourth-order valence-electron chi connectivity index (χ4n) is 3.50. The molecule has 3 aromatic carbocycles. The van der Waals surface area contributed by atoms with E-state index < -0.39 is 17.7 Å². The van der Waals surface area contributed by atoms with Crippen molar-refractivity contribution in [3.63, 3.8) is 0 Å². The number of halogens is 1. The van der Waals surface area contributed by atoms with E-state index >= 15 is 0 Å². The number of aryl methyl sites for hydroxylation is 2. The van der Waals surface area contributed by atoms with Crippen LogP contribution < -0.4 is 16.1 Å². The second-order valence-electron chi connectivity index (χ2n) is 7.93. The van der Waals surface area contributed by atoms with Gasteiger partial charge in [-0.15, -0.1) is 0 Å². The summed E-state index contributed by atoms with van der Waals surface area (Å²) < 4.78 is 2.16. The van der Waals surface area contributed by atoms with Gasteiger partial charge in [-0.3, -0.25) is 19.8 Å².